The number of carbonyl (C=O) groups excluding carboxylic acids is 1. The van der Waals surface area contributed by atoms with E-state index in [1.165, 1.54) is 17.5 Å². The second kappa shape index (κ2) is 8.05. The van der Waals surface area contributed by atoms with Gasteiger partial charge in [0.25, 0.3) is 0 Å². The molecule has 2 atom stereocenters. The molecule has 0 radical (unpaired) electrons. The molecule has 1 amide bonds. The highest BCUT2D eigenvalue weighted by molar-refractivity contribution is 5.77. The Morgan fingerprint density at radius 3 is 2.96 bits per heavy atom. The molecule has 2 aromatic heterocycles. The number of carbonyl (C=O) groups is 1. The highest BCUT2D eigenvalue weighted by Gasteiger charge is 2.28. The minimum Gasteiger partial charge on any atom is -0.467 e. The lowest BCUT2D eigenvalue weighted by atomic mass is 9.88. The van der Waals surface area contributed by atoms with Gasteiger partial charge in [-0.2, -0.15) is 0 Å². The van der Waals surface area contributed by atoms with Gasteiger partial charge in [-0.05, 0) is 43.0 Å². The lowest BCUT2D eigenvalue weighted by Gasteiger charge is -2.26. The molecule has 1 aromatic carbocycles. The molecule has 1 aliphatic rings. The topological polar surface area (TPSA) is 60.1 Å². The molecule has 1 aliphatic heterocycles. The number of hydrogen-bond donors (Lipinski definition) is 1. The molecule has 28 heavy (non-hydrogen) atoms. The third-order valence-corrected chi connectivity index (χ3v) is 5.73. The Morgan fingerprint density at radius 2 is 2.18 bits per heavy atom. The van der Waals surface area contributed by atoms with Gasteiger partial charge in [-0.3, -0.25) is 4.79 Å². The number of rotatable bonds is 6. The van der Waals surface area contributed by atoms with Gasteiger partial charge in [0.05, 0.1) is 12.8 Å². The van der Waals surface area contributed by atoms with Crippen LogP contribution in [0.15, 0.2) is 53.3 Å². The highest BCUT2D eigenvalue weighted by atomic mass is 16.3. The Morgan fingerprint density at radius 1 is 1.32 bits per heavy atom. The summed E-state index contributed by atoms with van der Waals surface area (Å²) in [5.41, 5.74) is 3.53. The lowest BCUT2D eigenvalue weighted by molar-refractivity contribution is -0.121. The molecule has 146 valence electrons. The number of fused-ring (bicyclic) bond motifs is 1. The molecule has 0 spiro atoms. The molecule has 5 nitrogen and oxygen atoms in total. The van der Waals surface area contributed by atoms with Crippen molar-refractivity contribution in [3.63, 3.8) is 0 Å². The van der Waals surface area contributed by atoms with Crippen LogP contribution in [0.2, 0.25) is 0 Å². The van der Waals surface area contributed by atoms with Crippen molar-refractivity contribution in [2.75, 3.05) is 0 Å². The predicted octanol–water partition coefficient (Wildman–Crippen LogP) is 4.52. The summed E-state index contributed by atoms with van der Waals surface area (Å²) in [6.45, 7) is 5.74. The summed E-state index contributed by atoms with van der Waals surface area (Å²) in [6.07, 6.45) is 6.33. The number of aromatic nitrogens is 2. The Hall–Kier alpha value is -2.82. The number of imidazole rings is 1. The van der Waals surface area contributed by atoms with Crippen LogP contribution in [0.3, 0.4) is 0 Å². The fourth-order valence-electron chi connectivity index (χ4n) is 4.21. The van der Waals surface area contributed by atoms with Crippen LogP contribution in [0.5, 0.6) is 0 Å². The van der Waals surface area contributed by atoms with E-state index in [-0.39, 0.29) is 11.8 Å². The van der Waals surface area contributed by atoms with Crippen molar-refractivity contribution in [3.8, 4) is 0 Å². The normalized spacial score (nSPS) is 17.1. The van der Waals surface area contributed by atoms with E-state index in [0.29, 0.717) is 18.9 Å². The Balaban J connectivity index is 1.62. The van der Waals surface area contributed by atoms with Crippen molar-refractivity contribution in [2.45, 2.75) is 58.0 Å². The molecule has 0 saturated heterocycles. The van der Waals surface area contributed by atoms with E-state index in [1.807, 2.05) is 30.5 Å². The van der Waals surface area contributed by atoms with Crippen LogP contribution < -0.4 is 5.32 Å². The lowest BCUT2D eigenvalue weighted by Crippen LogP contribution is -2.26. The van der Waals surface area contributed by atoms with Crippen LogP contribution >= 0.6 is 0 Å². The first-order valence-corrected chi connectivity index (χ1v) is 10.0. The maximum Gasteiger partial charge on any atom is 0.221 e. The van der Waals surface area contributed by atoms with Crippen molar-refractivity contribution in [1.82, 2.24) is 14.9 Å². The van der Waals surface area contributed by atoms with E-state index in [4.69, 9.17) is 9.40 Å². The second-order valence-corrected chi connectivity index (χ2v) is 7.71. The molecule has 0 aliphatic carbocycles. The Labute approximate surface area is 165 Å². The first-order chi connectivity index (χ1) is 13.6. The molecule has 0 fully saturated rings. The van der Waals surface area contributed by atoms with Crippen molar-refractivity contribution >= 4 is 5.91 Å². The van der Waals surface area contributed by atoms with Gasteiger partial charge in [-0.15, -0.1) is 0 Å². The summed E-state index contributed by atoms with van der Waals surface area (Å²) in [6, 6.07) is 12.0. The third-order valence-electron chi connectivity index (χ3n) is 5.73. The minimum atomic E-state index is -0.00986. The van der Waals surface area contributed by atoms with E-state index >= 15 is 0 Å². The van der Waals surface area contributed by atoms with Gasteiger partial charge in [0.1, 0.15) is 11.6 Å². The Kier molecular flexibility index (Phi) is 5.33. The zero-order valence-electron chi connectivity index (χ0n) is 16.5. The SMILES string of the molecule is Cc1ccccc1[C@@H](CC(=O)NCc1ccco1)c1cnc2n1CCC[C@H]2C. The van der Waals surface area contributed by atoms with Crippen LogP contribution in [0.25, 0.3) is 0 Å². The monoisotopic (exact) mass is 377 g/mol. The maximum atomic E-state index is 12.8. The van der Waals surface area contributed by atoms with Gasteiger partial charge in [0.15, 0.2) is 0 Å². The Bertz CT molecular complexity index is 943. The molecular formula is C23H27N3O2. The summed E-state index contributed by atoms with van der Waals surface area (Å²) in [7, 11) is 0. The molecule has 1 N–H and O–H groups in total. The van der Waals surface area contributed by atoms with Gasteiger partial charge in [-0.25, -0.2) is 4.98 Å². The van der Waals surface area contributed by atoms with Gasteiger partial charge in [0, 0.05) is 36.7 Å². The van der Waals surface area contributed by atoms with Crippen molar-refractivity contribution in [2.24, 2.45) is 0 Å². The summed E-state index contributed by atoms with van der Waals surface area (Å²) in [4.78, 5) is 17.5. The highest BCUT2D eigenvalue weighted by Crippen LogP contribution is 2.35. The molecule has 4 rings (SSSR count). The van der Waals surface area contributed by atoms with Crippen LogP contribution in [-0.2, 0) is 17.9 Å². The number of amides is 1. The third kappa shape index (κ3) is 3.75. The largest absolute Gasteiger partial charge is 0.467 e. The smallest absolute Gasteiger partial charge is 0.221 e. The van der Waals surface area contributed by atoms with Crippen LogP contribution in [-0.4, -0.2) is 15.5 Å². The van der Waals surface area contributed by atoms with Crippen molar-refractivity contribution in [1.29, 1.82) is 0 Å². The molecule has 5 heteroatoms. The van der Waals surface area contributed by atoms with Crippen LogP contribution in [0, 0.1) is 6.92 Å². The second-order valence-electron chi connectivity index (χ2n) is 7.71. The number of hydrogen-bond acceptors (Lipinski definition) is 3. The average Bonchev–Trinajstić information content (AvgIpc) is 3.36. The number of nitrogens with one attached hydrogen (secondary N) is 1. The quantitative estimate of drug-likeness (QED) is 0.687. The van der Waals surface area contributed by atoms with Gasteiger partial charge in [-0.1, -0.05) is 31.2 Å². The van der Waals surface area contributed by atoms with Gasteiger partial charge in [0.2, 0.25) is 5.91 Å². The number of furan rings is 1. The van der Waals surface area contributed by atoms with Crippen molar-refractivity contribution < 1.29 is 9.21 Å². The van der Waals surface area contributed by atoms with Crippen LogP contribution in [0.4, 0.5) is 0 Å². The van der Waals surface area contributed by atoms with Gasteiger partial charge < -0.3 is 14.3 Å². The molecule has 3 heterocycles. The average molecular weight is 377 g/mol. The zero-order valence-corrected chi connectivity index (χ0v) is 16.5. The number of aryl methyl sites for hydroxylation is 1. The van der Waals surface area contributed by atoms with E-state index in [1.54, 1.807) is 6.26 Å². The predicted molar refractivity (Wildman–Crippen MR) is 108 cm³/mol. The molecule has 0 unspecified atom stereocenters. The summed E-state index contributed by atoms with van der Waals surface area (Å²) >= 11 is 0. The maximum absolute atomic E-state index is 12.8. The number of nitrogens with zero attached hydrogens (tertiary/aromatic N) is 2. The minimum absolute atomic E-state index is 0.00986. The molecule has 3 aromatic rings. The molecule has 0 saturated carbocycles. The van der Waals surface area contributed by atoms with Crippen molar-refractivity contribution in [3.05, 3.63) is 77.3 Å². The zero-order chi connectivity index (χ0) is 19.5. The fraction of sp³-hybridized carbons (Fsp3) is 0.391. The van der Waals surface area contributed by atoms with Gasteiger partial charge >= 0.3 is 0 Å². The van der Waals surface area contributed by atoms with Crippen LogP contribution in [0.1, 0.15) is 66.4 Å². The molecule has 0 bridgehead atoms. The number of benzene rings is 1. The fourth-order valence-corrected chi connectivity index (χ4v) is 4.21. The summed E-state index contributed by atoms with van der Waals surface area (Å²) in [5, 5.41) is 2.99. The summed E-state index contributed by atoms with van der Waals surface area (Å²) in [5.74, 6) is 2.38. The van der Waals surface area contributed by atoms with E-state index in [0.717, 1.165) is 30.2 Å². The standard InChI is InChI=1S/C23H27N3O2/c1-16-7-3-4-10-19(16)20(13-22(27)24-14-18-9-6-12-28-18)21-15-25-23-17(2)8-5-11-26(21)23/h3-4,6-7,9-10,12,15,17,20H,5,8,11,13-14H2,1-2H3,(H,24,27)/t17-,20-/m1/s1. The molecular weight excluding hydrogens is 350 g/mol. The van der Waals surface area contributed by atoms with E-state index in [9.17, 15) is 4.79 Å². The van der Waals surface area contributed by atoms with E-state index in [2.05, 4.69) is 35.9 Å². The first kappa shape index (κ1) is 18.5. The summed E-state index contributed by atoms with van der Waals surface area (Å²) < 4.78 is 7.66. The van der Waals surface area contributed by atoms with E-state index < -0.39 is 0 Å². The first-order valence-electron chi connectivity index (χ1n) is 10.0.